The van der Waals surface area contributed by atoms with Crippen molar-refractivity contribution in [2.45, 2.75) is 30.7 Å². The molecule has 0 aliphatic rings. The summed E-state index contributed by atoms with van der Waals surface area (Å²) < 4.78 is 4.88. The molecule has 8 nitrogen and oxygen atoms in total. The van der Waals surface area contributed by atoms with Crippen LogP contribution in [0.25, 0.3) is 0 Å². The number of nitrogens with zero attached hydrogens (tertiary/aromatic N) is 3. The third-order valence-corrected chi connectivity index (χ3v) is 4.70. The van der Waals surface area contributed by atoms with Gasteiger partial charge in [0.1, 0.15) is 11.4 Å². The molecule has 0 saturated heterocycles. The van der Waals surface area contributed by atoms with Crippen LogP contribution in [0.4, 0.5) is 11.5 Å². The molecule has 2 aromatic rings. The van der Waals surface area contributed by atoms with Crippen LogP contribution in [0.5, 0.6) is 0 Å². The van der Waals surface area contributed by atoms with E-state index in [9.17, 15) is 9.59 Å². The Balaban J connectivity index is 2.09. The summed E-state index contributed by atoms with van der Waals surface area (Å²) in [6, 6.07) is 8.68. The Morgan fingerprint density at radius 1 is 1.41 bits per heavy atom. The molecule has 3 N–H and O–H groups in total. The number of nitrogens with one attached hydrogen (secondary N) is 1. The third-order valence-electron chi connectivity index (χ3n) is 3.46. The highest BCUT2D eigenvalue weighted by atomic mass is 32.2. The van der Waals surface area contributed by atoms with Crippen molar-refractivity contribution in [2.24, 2.45) is 0 Å². The Bertz CT molecular complexity index is 882. The lowest BCUT2D eigenvalue weighted by molar-refractivity contribution is -0.115. The molecule has 1 aromatic heterocycles. The maximum Gasteiger partial charge on any atom is 0.343 e. The summed E-state index contributed by atoms with van der Waals surface area (Å²) in [7, 11) is 0. The summed E-state index contributed by atoms with van der Waals surface area (Å²) in [5, 5.41) is 11.5. The first-order valence-electron chi connectivity index (χ1n) is 8.25. The molecular formula is C18H19N5O3S. The number of amides is 1. The zero-order valence-corrected chi connectivity index (χ0v) is 15.7. The summed E-state index contributed by atoms with van der Waals surface area (Å²) >= 11 is 1.14. The van der Waals surface area contributed by atoms with Crippen molar-refractivity contribution >= 4 is 35.1 Å². The van der Waals surface area contributed by atoms with Crippen LogP contribution < -0.4 is 11.1 Å². The fraction of sp³-hybridized carbons (Fsp3) is 0.278. The minimum atomic E-state index is -0.589. The number of nitrogen functional groups attached to an aromatic ring is 1. The summed E-state index contributed by atoms with van der Waals surface area (Å²) in [6.45, 7) is 3.77. The smallest absolute Gasteiger partial charge is 0.343 e. The molecule has 0 aliphatic carbocycles. The summed E-state index contributed by atoms with van der Waals surface area (Å²) in [6.07, 6.45) is 1.82. The molecule has 0 bridgehead atoms. The van der Waals surface area contributed by atoms with E-state index in [1.54, 1.807) is 31.2 Å². The summed E-state index contributed by atoms with van der Waals surface area (Å²) in [5.41, 5.74) is 6.89. The Morgan fingerprint density at radius 2 is 2.19 bits per heavy atom. The number of nitriles is 1. The number of thioether (sulfide) groups is 1. The predicted octanol–water partition coefficient (Wildman–Crippen LogP) is 2.62. The average Bonchev–Trinajstić information content (AvgIpc) is 2.66. The number of hydrogen-bond donors (Lipinski definition) is 2. The van der Waals surface area contributed by atoms with Crippen LogP contribution in [-0.4, -0.2) is 33.7 Å². The van der Waals surface area contributed by atoms with Gasteiger partial charge in [-0.15, -0.1) is 0 Å². The monoisotopic (exact) mass is 385 g/mol. The van der Waals surface area contributed by atoms with Crippen LogP contribution >= 0.6 is 11.8 Å². The molecule has 1 atom stereocenters. The number of aromatic nitrogens is 2. The van der Waals surface area contributed by atoms with E-state index in [0.717, 1.165) is 11.8 Å². The van der Waals surface area contributed by atoms with Gasteiger partial charge in [0.05, 0.1) is 23.5 Å². The minimum Gasteiger partial charge on any atom is -0.462 e. The molecule has 0 unspecified atom stereocenters. The van der Waals surface area contributed by atoms with Crippen LogP contribution in [0, 0.1) is 11.3 Å². The van der Waals surface area contributed by atoms with Gasteiger partial charge < -0.3 is 15.8 Å². The standard InChI is InChI=1S/C18H19N5O3S/c1-3-14(16(24)22-12-7-5-6-11(8-12)9-19)27-18-21-10-13(15(20)23-18)17(25)26-4-2/h5-8,10,14H,3-4H2,1-2H3,(H,22,24)(H2,20,21,23)/t14-/m1/s1. The number of rotatable bonds is 7. The van der Waals surface area contributed by atoms with E-state index in [-0.39, 0.29) is 29.1 Å². The number of nitrogens with two attached hydrogens (primary N) is 1. The Morgan fingerprint density at radius 3 is 2.81 bits per heavy atom. The zero-order valence-electron chi connectivity index (χ0n) is 14.9. The van der Waals surface area contributed by atoms with Gasteiger partial charge in [-0.3, -0.25) is 4.79 Å². The minimum absolute atomic E-state index is 0.00272. The molecule has 0 fully saturated rings. The van der Waals surface area contributed by atoms with Gasteiger partial charge in [-0.1, -0.05) is 24.8 Å². The van der Waals surface area contributed by atoms with Crippen molar-refractivity contribution in [3.8, 4) is 6.07 Å². The largest absolute Gasteiger partial charge is 0.462 e. The van der Waals surface area contributed by atoms with E-state index >= 15 is 0 Å². The lowest BCUT2D eigenvalue weighted by Gasteiger charge is -2.14. The molecule has 1 aromatic carbocycles. The van der Waals surface area contributed by atoms with E-state index in [0.29, 0.717) is 17.7 Å². The third kappa shape index (κ3) is 5.43. The van der Waals surface area contributed by atoms with Gasteiger partial charge in [0.15, 0.2) is 5.16 Å². The fourth-order valence-electron chi connectivity index (χ4n) is 2.14. The molecule has 0 spiro atoms. The molecule has 140 valence electrons. The number of anilines is 2. The van der Waals surface area contributed by atoms with Gasteiger partial charge in [0.2, 0.25) is 5.91 Å². The quantitative estimate of drug-likeness (QED) is 0.422. The topological polar surface area (TPSA) is 131 Å². The van der Waals surface area contributed by atoms with Crippen LogP contribution in [0.2, 0.25) is 0 Å². The second-order valence-corrected chi connectivity index (χ2v) is 6.54. The number of hydrogen-bond acceptors (Lipinski definition) is 8. The van der Waals surface area contributed by atoms with E-state index in [4.69, 9.17) is 15.7 Å². The van der Waals surface area contributed by atoms with Gasteiger partial charge >= 0.3 is 5.97 Å². The van der Waals surface area contributed by atoms with E-state index < -0.39 is 11.2 Å². The molecule has 1 amide bonds. The van der Waals surface area contributed by atoms with Crippen molar-refractivity contribution in [2.75, 3.05) is 17.7 Å². The Hall–Kier alpha value is -3.12. The predicted molar refractivity (Wildman–Crippen MR) is 102 cm³/mol. The van der Waals surface area contributed by atoms with Crippen molar-refractivity contribution in [3.05, 3.63) is 41.6 Å². The maximum atomic E-state index is 12.5. The van der Waals surface area contributed by atoms with Crippen LogP contribution in [0.1, 0.15) is 36.2 Å². The van der Waals surface area contributed by atoms with Crippen molar-refractivity contribution in [3.63, 3.8) is 0 Å². The lowest BCUT2D eigenvalue weighted by Crippen LogP contribution is -2.25. The highest BCUT2D eigenvalue weighted by Gasteiger charge is 2.21. The molecule has 9 heteroatoms. The molecule has 2 rings (SSSR count). The van der Waals surface area contributed by atoms with Crippen LogP contribution in [0.15, 0.2) is 35.6 Å². The van der Waals surface area contributed by atoms with Crippen LogP contribution in [0.3, 0.4) is 0 Å². The summed E-state index contributed by atoms with van der Waals surface area (Å²) in [4.78, 5) is 32.4. The van der Waals surface area contributed by atoms with Gasteiger partial charge in [-0.2, -0.15) is 5.26 Å². The van der Waals surface area contributed by atoms with Crippen LogP contribution in [-0.2, 0) is 9.53 Å². The molecule has 27 heavy (non-hydrogen) atoms. The second-order valence-electron chi connectivity index (χ2n) is 5.37. The van der Waals surface area contributed by atoms with Gasteiger partial charge in [0.25, 0.3) is 0 Å². The highest BCUT2D eigenvalue weighted by molar-refractivity contribution is 8.00. The highest BCUT2D eigenvalue weighted by Crippen LogP contribution is 2.25. The maximum absolute atomic E-state index is 12.5. The van der Waals surface area contributed by atoms with Crippen molar-refractivity contribution in [1.82, 2.24) is 9.97 Å². The fourth-order valence-corrected chi connectivity index (χ4v) is 2.99. The second kappa shape index (κ2) is 9.54. The number of ether oxygens (including phenoxy) is 1. The Labute approximate surface area is 161 Å². The zero-order chi connectivity index (χ0) is 19.8. The first-order chi connectivity index (χ1) is 13.0. The van der Waals surface area contributed by atoms with Gasteiger partial charge in [0, 0.05) is 11.9 Å². The molecule has 0 aliphatic heterocycles. The normalized spacial score (nSPS) is 11.3. The average molecular weight is 385 g/mol. The number of carbonyl (C=O) groups excluding carboxylic acids is 2. The Kier molecular flexibility index (Phi) is 7.14. The number of benzene rings is 1. The SMILES string of the molecule is CCOC(=O)c1cnc(S[C@H](CC)C(=O)Nc2cccc(C#N)c2)nc1N. The molecular weight excluding hydrogens is 366 g/mol. The number of esters is 1. The van der Waals surface area contributed by atoms with Gasteiger partial charge in [-0.25, -0.2) is 14.8 Å². The van der Waals surface area contributed by atoms with Crippen molar-refractivity contribution in [1.29, 1.82) is 5.26 Å². The number of carbonyl (C=O) groups is 2. The van der Waals surface area contributed by atoms with E-state index in [2.05, 4.69) is 15.3 Å². The first kappa shape index (κ1) is 20.2. The molecule has 1 heterocycles. The lowest BCUT2D eigenvalue weighted by atomic mass is 10.2. The van der Waals surface area contributed by atoms with E-state index in [1.165, 1.54) is 6.20 Å². The first-order valence-corrected chi connectivity index (χ1v) is 9.13. The molecule has 0 saturated carbocycles. The van der Waals surface area contributed by atoms with E-state index in [1.807, 2.05) is 13.0 Å². The molecule has 0 radical (unpaired) electrons. The van der Waals surface area contributed by atoms with Crippen molar-refractivity contribution < 1.29 is 14.3 Å². The summed E-state index contributed by atoms with van der Waals surface area (Å²) in [5.74, 6) is -0.828. The van der Waals surface area contributed by atoms with Gasteiger partial charge in [-0.05, 0) is 31.5 Å².